The van der Waals surface area contributed by atoms with Gasteiger partial charge in [-0.15, -0.1) is 0 Å². The van der Waals surface area contributed by atoms with E-state index in [-0.39, 0.29) is 29.5 Å². The van der Waals surface area contributed by atoms with Crippen molar-refractivity contribution in [2.75, 3.05) is 11.9 Å². The first-order chi connectivity index (χ1) is 8.88. The van der Waals surface area contributed by atoms with Gasteiger partial charge >= 0.3 is 5.97 Å². The smallest absolute Gasteiger partial charge is 0.338 e. The molecule has 7 heteroatoms. The lowest BCUT2D eigenvalue weighted by atomic mass is 10.0. The number of benzene rings is 1. The summed E-state index contributed by atoms with van der Waals surface area (Å²) in [6.45, 7) is 3.40. The number of carboxylic acids is 1. The van der Waals surface area contributed by atoms with Gasteiger partial charge in [-0.1, -0.05) is 19.9 Å². The largest absolute Gasteiger partial charge is 0.478 e. The van der Waals surface area contributed by atoms with Gasteiger partial charge in [0.25, 0.3) is 5.69 Å². The number of carboxylic acid groups (broad SMARTS) is 1. The van der Waals surface area contributed by atoms with Crippen molar-refractivity contribution in [1.29, 1.82) is 0 Å². The van der Waals surface area contributed by atoms with Crippen molar-refractivity contribution < 1.29 is 19.9 Å². The number of carbonyl (C=O) groups is 1. The van der Waals surface area contributed by atoms with Gasteiger partial charge in [0, 0.05) is 6.07 Å². The quantitative estimate of drug-likeness (QED) is 0.535. The van der Waals surface area contributed by atoms with Crippen LogP contribution in [0.4, 0.5) is 11.4 Å². The van der Waals surface area contributed by atoms with Gasteiger partial charge in [-0.25, -0.2) is 4.79 Å². The van der Waals surface area contributed by atoms with Crippen LogP contribution in [0, 0.1) is 16.0 Å². The highest BCUT2D eigenvalue weighted by Crippen LogP contribution is 2.29. The van der Waals surface area contributed by atoms with Crippen LogP contribution in [0.15, 0.2) is 18.2 Å². The van der Waals surface area contributed by atoms with Crippen molar-refractivity contribution in [2.45, 2.75) is 19.9 Å². The molecule has 0 spiro atoms. The second-order valence-corrected chi connectivity index (χ2v) is 4.44. The molecule has 1 rings (SSSR count). The van der Waals surface area contributed by atoms with E-state index in [9.17, 15) is 20.0 Å². The number of nitrogens with zero attached hydrogens (tertiary/aromatic N) is 1. The van der Waals surface area contributed by atoms with Crippen molar-refractivity contribution >= 4 is 17.3 Å². The second-order valence-electron chi connectivity index (χ2n) is 4.44. The van der Waals surface area contributed by atoms with Crippen molar-refractivity contribution in [2.24, 2.45) is 5.92 Å². The van der Waals surface area contributed by atoms with Crippen molar-refractivity contribution in [3.63, 3.8) is 0 Å². The molecule has 0 unspecified atom stereocenters. The summed E-state index contributed by atoms with van der Waals surface area (Å²) in [5.41, 5.74) is -0.583. The van der Waals surface area contributed by atoms with E-state index in [1.807, 2.05) is 13.8 Å². The topological polar surface area (TPSA) is 113 Å². The Morgan fingerprint density at radius 1 is 1.47 bits per heavy atom. The molecule has 0 bridgehead atoms. The fourth-order valence-corrected chi connectivity index (χ4v) is 1.63. The average molecular weight is 268 g/mol. The Morgan fingerprint density at radius 2 is 2.11 bits per heavy atom. The van der Waals surface area contributed by atoms with E-state index in [0.717, 1.165) is 0 Å². The Morgan fingerprint density at radius 3 is 2.53 bits per heavy atom. The molecule has 1 atom stereocenters. The first kappa shape index (κ1) is 14.9. The van der Waals surface area contributed by atoms with E-state index in [2.05, 4.69) is 5.32 Å². The number of nitro benzene ring substituents is 1. The molecule has 0 heterocycles. The van der Waals surface area contributed by atoms with E-state index >= 15 is 0 Å². The summed E-state index contributed by atoms with van der Waals surface area (Å²) in [5.74, 6) is -1.27. The molecule has 3 N–H and O–H groups in total. The molecule has 0 aromatic heterocycles. The van der Waals surface area contributed by atoms with Crippen molar-refractivity contribution in [3.05, 3.63) is 33.9 Å². The van der Waals surface area contributed by atoms with Gasteiger partial charge in [0.15, 0.2) is 0 Å². The zero-order chi connectivity index (χ0) is 14.6. The Labute approximate surface area is 110 Å². The number of aromatic carboxylic acids is 1. The summed E-state index contributed by atoms with van der Waals surface area (Å²) in [6, 6.07) is 3.37. The van der Waals surface area contributed by atoms with Gasteiger partial charge in [0.2, 0.25) is 0 Å². The number of nitrogens with one attached hydrogen (secondary N) is 1. The molecule has 1 aromatic carbocycles. The number of anilines is 1. The number of hydrogen-bond acceptors (Lipinski definition) is 5. The maximum absolute atomic E-state index is 11.1. The molecule has 1 aromatic rings. The molecule has 7 nitrogen and oxygen atoms in total. The highest BCUT2D eigenvalue weighted by atomic mass is 16.6. The summed E-state index contributed by atoms with van der Waals surface area (Å²) in [6.07, 6.45) is 0. The monoisotopic (exact) mass is 268 g/mol. The van der Waals surface area contributed by atoms with E-state index in [0.29, 0.717) is 0 Å². The van der Waals surface area contributed by atoms with Crippen molar-refractivity contribution in [1.82, 2.24) is 0 Å². The van der Waals surface area contributed by atoms with Crippen LogP contribution in [0.3, 0.4) is 0 Å². The predicted molar refractivity (Wildman–Crippen MR) is 69.4 cm³/mol. The number of hydrogen-bond donors (Lipinski definition) is 3. The Balaban J connectivity index is 3.28. The van der Waals surface area contributed by atoms with Gasteiger partial charge in [0.05, 0.1) is 23.1 Å². The molecular formula is C12H16N2O5. The van der Waals surface area contributed by atoms with E-state index in [1.165, 1.54) is 18.2 Å². The van der Waals surface area contributed by atoms with Gasteiger partial charge in [0.1, 0.15) is 5.69 Å². The molecule has 0 aliphatic carbocycles. The summed E-state index contributed by atoms with van der Waals surface area (Å²) in [7, 11) is 0. The molecule has 19 heavy (non-hydrogen) atoms. The van der Waals surface area contributed by atoms with Crippen LogP contribution in [-0.2, 0) is 0 Å². The highest BCUT2D eigenvalue weighted by Gasteiger charge is 2.24. The van der Waals surface area contributed by atoms with Crippen LogP contribution in [0.25, 0.3) is 0 Å². The third-order valence-electron chi connectivity index (χ3n) is 2.80. The fourth-order valence-electron chi connectivity index (χ4n) is 1.63. The molecule has 0 aliphatic rings. The molecular weight excluding hydrogens is 252 g/mol. The predicted octanol–water partition coefficient (Wildman–Crippen LogP) is 1.72. The van der Waals surface area contributed by atoms with E-state index in [4.69, 9.17) is 5.11 Å². The lowest BCUT2D eigenvalue weighted by Crippen LogP contribution is -2.30. The third-order valence-corrected chi connectivity index (χ3v) is 2.80. The number of aliphatic hydroxyl groups excluding tert-OH is 1. The fraction of sp³-hybridized carbons (Fsp3) is 0.417. The zero-order valence-corrected chi connectivity index (χ0v) is 10.7. The van der Waals surface area contributed by atoms with Crippen LogP contribution in [0.5, 0.6) is 0 Å². The zero-order valence-electron chi connectivity index (χ0n) is 10.7. The summed E-state index contributed by atoms with van der Waals surface area (Å²) < 4.78 is 0. The summed E-state index contributed by atoms with van der Waals surface area (Å²) in [5, 5.41) is 32.0. The first-order valence-corrected chi connectivity index (χ1v) is 5.76. The highest BCUT2D eigenvalue weighted by molar-refractivity contribution is 5.96. The van der Waals surface area contributed by atoms with Crippen LogP contribution < -0.4 is 5.32 Å². The van der Waals surface area contributed by atoms with Crippen LogP contribution in [0.1, 0.15) is 24.2 Å². The number of nitro groups is 1. The summed E-state index contributed by atoms with van der Waals surface area (Å²) in [4.78, 5) is 21.4. The standard InChI is InChI=1S/C12H16N2O5/c1-7(2)9(6-15)13-11-8(12(16)17)4-3-5-10(11)14(18)19/h3-5,7,9,13,15H,6H2,1-2H3,(H,16,17)/t9-/m1/s1. The van der Waals surface area contributed by atoms with E-state index in [1.54, 1.807) is 0 Å². The SMILES string of the molecule is CC(C)[C@@H](CO)Nc1c(C(=O)O)cccc1[N+](=O)[O-]. The van der Waals surface area contributed by atoms with Gasteiger partial charge in [-0.2, -0.15) is 0 Å². The molecule has 0 radical (unpaired) electrons. The number of rotatable bonds is 6. The summed E-state index contributed by atoms with van der Waals surface area (Å²) >= 11 is 0. The third kappa shape index (κ3) is 3.41. The Bertz CT molecular complexity index is 455. The first-order valence-electron chi connectivity index (χ1n) is 5.76. The number of aliphatic hydroxyl groups is 1. The minimum atomic E-state index is -1.26. The minimum Gasteiger partial charge on any atom is -0.478 e. The molecule has 0 saturated carbocycles. The molecule has 0 aliphatic heterocycles. The van der Waals surface area contributed by atoms with E-state index < -0.39 is 16.9 Å². The second kappa shape index (κ2) is 6.14. The number of para-hydroxylation sites is 1. The lowest BCUT2D eigenvalue weighted by Gasteiger charge is -2.22. The van der Waals surface area contributed by atoms with Crippen LogP contribution in [-0.4, -0.2) is 33.8 Å². The Hall–Kier alpha value is -2.15. The van der Waals surface area contributed by atoms with Gasteiger partial charge in [-0.3, -0.25) is 10.1 Å². The van der Waals surface area contributed by atoms with Gasteiger partial charge in [-0.05, 0) is 12.0 Å². The molecule has 0 amide bonds. The van der Waals surface area contributed by atoms with Crippen LogP contribution >= 0.6 is 0 Å². The average Bonchev–Trinajstić information content (AvgIpc) is 2.34. The maximum atomic E-state index is 11.1. The molecule has 0 fully saturated rings. The van der Waals surface area contributed by atoms with Gasteiger partial charge < -0.3 is 15.5 Å². The lowest BCUT2D eigenvalue weighted by molar-refractivity contribution is -0.384. The molecule has 0 saturated heterocycles. The maximum Gasteiger partial charge on any atom is 0.338 e. The van der Waals surface area contributed by atoms with Crippen LogP contribution in [0.2, 0.25) is 0 Å². The molecule has 104 valence electrons. The minimum absolute atomic E-state index is 0.00791. The normalized spacial score (nSPS) is 12.2. The van der Waals surface area contributed by atoms with Crippen molar-refractivity contribution in [3.8, 4) is 0 Å². The Kier molecular flexibility index (Phi) is 4.82.